The molecule has 3 rings (SSSR count). The van der Waals surface area contributed by atoms with E-state index < -0.39 is 23.9 Å². The second-order valence-electron chi connectivity index (χ2n) is 6.26. The van der Waals surface area contributed by atoms with Crippen molar-refractivity contribution >= 4 is 41.6 Å². The molecule has 1 fully saturated rings. The Kier molecular flexibility index (Phi) is 6.30. The third-order valence-electron chi connectivity index (χ3n) is 4.14. The quantitative estimate of drug-likeness (QED) is 0.309. The lowest BCUT2D eigenvalue weighted by Crippen LogP contribution is -2.30. The standard InChI is InChI=1S/C20H17ClN2O8/c1-10(24)30-17-11(6-12(21)8-16(17)28-2)7-14-18(25)23(20(27)22-14)9-13-4-5-15(31-13)19(26)29-3/h4-8H,9H2,1-3H3,(H,22,27)/b14-7-. The number of nitrogens with zero attached hydrogens (tertiary/aromatic N) is 1. The monoisotopic (exact) mass is 448 g/mol. The average molecular weight is 449 g/mol. The van der Waals surface area contributed by atoms with E-state index in [-0.39, 0.29) is 45.8 Å². The van der Waals surface area contributed by atoms with Crippen LogP contribution in [0, 0.1) is 0 Å². The van der Waals surface area contributed by atoms with Crippen LogP contribution in [0.3, 0.4) is 0 Å². The van der Waals surface area contributed by atoms with Crippen LogP contribution in [0.4, 0.5) is 4.79 Å². The number of hydrogen-bond donors (Lipinski definition) is 1. The molecule has 0 radical (unpaired) electrons. The third kappa shape index (κ3) is 4.69. The number of ether oxygens (including phenoxy) is 3. The maximum absolute atomic E-state index is 12.8. The smallest absolute Gasteiger partial charge is 0.373 e. The van der Waals surface area contributed by atoms with E-state index in [4.69, 9.17) is 25.5 Å². The minimum absolute atomic E-state index is 0.0427. The van der Waals surface area contributed by atoms with Crippen molar-refractivity contribution in [1.29, 1.82) is 0 Å². The summed E-state index contributed by atoms with van der Waals surface area (Å²) in [5.41, 5.74) is 0.165. The summed E-state index contributed by atoms with van der Waals surface area (Å²) in [4.78, 5) is 48.9. The lowest BCUT2D eigenvalue weighted by Gasteiger charge is -2.12. The molecule has 0 unspecified atom stereocenters. The maximum atomic E-state index is 12.8. The van der Waals surface area contributed by atoms with Gasteiger partial charge in [-0.2, -0.15) is 0 Å². The van der Waals surface area contributed by atoms with Gasteiger partial charge in [-0.1, -0.05) is 11.6 Å². The molecule has 1 aliphatic rings. The van der Waals surface area contributed by atoms with Gasteiger partial charge in [0.1, 0.15) is 11.5 Å². The molecule has 0 bridgehead atoms. The van der Waals surface area contributed by atoms with E-state index in [1.807, 2.05) is 0 Å². The minimum atomic E-state index is -0.699. The van der Waals surface area contributed by atoms with Gasteiger partial charge in [-0.25, -0.2) is 9.59 Å². The number of benzene rings is 1. The Hall–Kier alpha value is -3.79. The Labute approximate surface area is 181 Å². The Bertz CT molecular complexity index is 1100. The van der Waals surface area contributed by atoms with Crippen LogP contribution in [0.1, 0.15) is 28.8 Å². The van der Waals surface area contributed by atoms with Crippen LogP contribution in [0.15, 0.2) is 34.4 Å². The van der Waals surface area contributed by atoms with E-state index in [9.17, 15) is 19.2 Å². The van der Waals surface area contributed by atoms with Crippen LogP contribution in [0.25, 0.3) is 6.08 Å². The topological polar surface area (TPSA) is 124 Å². The first-order valence-electron chi connectivity index (χ1n) is 8.81. The van der Waals surface area contributed by atoms with Gasteiger partial charge in [0.2, 0.25) is 5.76 Å². The van der Waals surface area contributed by atoms with E-state index in [1.165, 1.54) is 51.5 Å². The van der Waals surface area contributed by atoms with Crippen molar-refractivity contribution in [3.05, 3.63) is 52.1 Å². The summed E-state index contributed by atoms with van der Waals surface area (Å²) in [6.45, 7) is 0.996. The summed E-state index contributed by atoms with van der Waals surface area (Å²) in [6.07, 6.45) is 1.31. The second kappa shape index (κ2) is 8.92. The highest BCUT2D eigenvalue weighted by molar-refractivity contribution is 6.31. The number of esters is 2. The number of carbonyl (C=O) groups is 4. The Morgan fingerprint density at radius 3 is 2.61 bits per heavy atom. The number of rotatable bonds is 6. The lowest BCUT2D eigenvalue weighted by molar-refractivity contribution is -0.132. The summed E-state index contributed by atoms with van der Waals surface area (Å²) in [7, 11) is 2.57. The molecule has 10 nitrogen and oxygen atoms in total. The molecular weight excluding hydrogens is 432 g/mol. The van der Waals surface area contributed by atoms with Gasteiger partial charge >= 0.3 is 18.0 Å². The molecule has 11 heteroatoms. The summed E-state index contributed by atoms with van der Waals surface area (Å²) in [5.74, 6) is -1.59. The molecule has 0 aliphatic carbocycles. The zero-order chi connectivity index (χ0) is 22.7. The molecule has 1 aromatic heterocycles. The number of imide groups is 1. The third-order valence-corrected chi connectivity index (χ3v) is 4.36. The molecular formula is C20H17ClN2O8. The predicted molar refractivity (Wildman–Crippen MR) is 106 cm³/mol. The fourth-order valence-corrected chi connectivity index (χ4v) is 3.02. The normalized spacial score (nSPS) is 14.6. The Morgan fingerprint density at radius 2 is 1.97 bits per heavy atom. The summed E-state index contributed by atoms with van der Waals surface area (Å²) < 4.78 is 20.2. The van der Waals surface area contributed by atoms with Gasteiger partial charge in [0.15, 0.2) is 11.5 Å². The Balaban J connectivity index is 1.90. The van der Waals surface area contributed by atoms with Gasteiger partial charge in [0.25, 0.3) is 5.91 Å². The average Bonchev–Trinajstić information content (AvgIpc) is 3.29. The first-order valence-corrected chi connectivity index (χ1v) is 9.18. The first kappa shape index (κ1) is 21.9. The lowest BCUT2D eigenvalue weighted by atomic mass is 10.1. The van der Waals surface area contributed by atoms with Gasteiger partial charge in [0, 0.05) is 23.6 Å². The highest BCUT2D eigenvalue weighted by atomic mass is 35.5. The molecule has 3 amide bonds. The summed E-state index contributed by atoms with van der Waals surface area (Å²) >= 11 is 6.08. The highest BCUT2D eigenvalue weighted by Crippen LogP contribution is 2.36. The van der Waals surface area contributed by atoms with Crippen molar-refractivity contribution in [2.45, 2.75) is 13.5 Å². The molecule has 2 heterocycles. The first-order chi connectivity index (χ1) is 14.7. The zero-order valence-electron chi connectivity index (χ0n) is 16.7. The summed E-state index contributed by atoms with van der Waals surface area (Å²) in [6, 6.07) is 5.02. The number of urea groups is 1. The molecule has 1 aliphatic heterocycles. The number of halogens is 1. The van der Waals surface area contributed by atoms with E-state index in [0.29, 0.717) is 0 Å². The number of hydrogen-bond acceptors (Lipinski definition) is 8. The van der Waals surface area contributed by atoms with Crippen molar-refractivity contribution in [3.8, 4) is 11.5 Å². The molecule has 0 saturated carbocycles. The molecule has 1 saturated heterocycles. The molecule has 1 aromatic carbocycles. The fourth-order valence-electron chi connectivity index (χ4n) is 2.80. The molecule has 2 aromatic rings. The molecule has 162 valence electrons. The van der Waals surface area contributed by atoms with Crippen molar-refractivity contribution in [3.63, 3.8) is 0 Å². The van der Waals surface area contributed by atoms with Gasteiger partial charge in [0.05, 0.1) is 20.8 Å². The molecule has 0 atom stereocenters. The second-order valence-corrected chi connectivity index (χ2v) is 6.69. The van der Waals surface area contributed by atoms with Crippen LogP contribution >= 0.6 is 11.6 Å². The molecule has 0 spiro atoms. The zero-order valence-corrected chi connectivity index (χ0v) is 17.4. The van der Waals surface area contributed by atoms with Crippen molar-refractivity contribution in [2.75, 3.05) is 14.2 Å². The number of furan rings is 1. The van der Waals surface area contributed by atoms with E-state index in [1.54, 1.807) is 0 Å². The van der Waals surface area contributed by atoms with Crippen LogP contribution in [-0.2, 0) is 20.9 Å². The number of methoxy groups -OCH3 is 2. The van der Waals surface area contributed by atoms with Crippen LogP contribution in [0.5, 0.6) is 11.5 Å². The molecule has 1 N–H and O–H groups in total. The fraction of sp³-hybridized carbons (Fsp3) is 0.200. The van der Waals surface area contributed by atoms with Gasteiger partial charge in [-0.05, 0) is 24.3 Å². The summed E-state index contributed by atoms with van der Waals surface area (Å²) in [5, 5.41) is 2.70. The van der Waals surface area contributed by atoms with E-state index in [2.05, 4.69) is 10.1 Å². The van der Waals surface area contributed by atoms with Crippen LogP contribution in [0.2, 0.25) is 5.02 Å². The van der Waals surface area contributed by atoms with Crippen LogP contribution in [-0.4, -0.2) is 43.0 Å². The van der Waals surface area contributed by atoms with Crippen molar-refractivity contribution in [2.24, 2.45) is 0 Å². The Morgan fingerprint density at radius 1 is 1.23 bits per heavy atom. The van der Waals surface area contributed by atoms with Crippen LogP contribution < -0.4 is 14.8 Å². The largest absolute Gasteiger partial charge is 0.493 e. The van der Waals surface area contributed by atoms with E-state index in [0.717, 1.165) is 4.90 Å². The number of amides is 3. The SMILES string of the molecule is COC(=O)c1ccc(CN2C(=O)N/C(=C\c3cc(Cl)cc(OC)c3OC(C)=O)C2=O)o1. The molecule has 31 heavy (non-hydrogen) atoms. The van der Waals surface area contributed by atoms with Crippen molar-refractivity contribution < 1.29 is 37.8 Å². The van der Waals surface area contributed by atoms with E-state index >= 15 is 0 Å². The minimum Gasteiger partial charge on any atom is -0.493 e. The van der Waals surface area contributed by atoms with Gasteiger partial charge in [-0.3, -0.25) is 14.5 Å². The van der Waals surface area contributed by atoms with Gasteiger partial charge < -0.3 is 23.9 Å². The number of carbonyl (C=O) groups excluding carboxylic acids is 4. The predicted octanol–water partition coefficient (Wildman–Crippen LogP) is 2.75. The van der Waals surface area contributed by atoms with Gasteiger partial charge in [-0.15, -0.1) is 0 Å². The maximum Gasteiger partial charge on any atom is 0.373 e. The number of nitrogens with one attached hydrogen (secondary N) is 1. The van der Waals surface area contributed by atoms with Crippen molar-refractivity contribution in [1.82, 2.24) is 10.2 Å². The highest BCUT2D eigenvalue weighted by Gasteiger charge is 2.35.